The van der Waals surface area contributed by atoms with Crippen molar-refractivity contribution in [3.63, 3.8) is 0 Å². The number of carbonyl (C=O) groups excluding carboxylic acids is 4. The second kappa shape index (κ2) is 19.9. The van der Waals surface area contributed by atoms with E-state index in [-0.39, 0.29) is 36.1 Å². The Balaban J connectivity index is 0.685. The van der Waals surface area contributed by atoms with Crippen molar-refractivity contribution in [3.8, 4) is 22.8 Å². The van der Waals surface area contributed by atoms with Gasteiger partial charge in [-0.1, -0.05) is 30.7 Å². The highest BCUT2D eigenvalue weighted by Crippen LogP contribution is 2.37. The van der Waals surface area contributed by atoms with Gasteiger partial charge in [-0.25, -0.2) is 14.6 Å². The molecular weight excluding hydrogens is 829 g/mol. The maximum absolute atomic E-state index is 13.6. The molecule has 9 rings (SSSR count). The summed E-state index contributed by atoms with van der Waals surface area (Å²) < 4.78 is 7.96. The third kappa shape index (κ3) is 9.78. The zero-order valence-electron chi connectivity index (χ0n) is 36.2. The van der Waals surface area contributed by atoms with Gasteiger partial charge in [-0.3, -0.25) is 24.5 Å². The number of carbonyl (C=O) groups is 4. The van der Waals surface area contributed by atoms with Gasteiger partial charge in [-0.15, -0.1) is 11.8 Å². The minimum atomic E-state index is -0.594. The summed E-state index contributed by atoms with van der Waals surface area (Å²) in [5.41, 5.74) is 10.4. The first-order valence-electron chi connectivity index (χ1n) is 22.7. The van der Waals surface area contributed by atoms with Crippen molar-refractivity contribution in [2.24, 2.45) is 0 Å². The normalized spacial score (nSPS) is 19.6. The van der Waals surface area contributed by atoms with Crippen LogP contribution in [0, 0.1) is 0 Å². The van der Waals surface area contributed by atoms with Crippen LogP contribution in [-0.4, -0.2) is 127 Å². The molecule has 4 amide bonds. The number of imide groups is 1. The van der Waals surface area contributed by atoms with Crippen LogP contribution >= 0.6 is 11.8 Å². The number of piperazine rings is 1. The second-order valence-electron chi connectivity index (χ2n) is 17.2. The van der Waals surface area contributed by atoms with Crippen LogP contribution in [0.1, 0.15) is 79.8 Å². The molecule has 4 aliphatic rings. The van der Waals surface area contributed by atoms with E-state index < -0.39 is 6.04 Å². The smallest absolute Gasteiger partial charge is 0.255 e. The molecule has 5 aromatic rings. The number of aromatic nitrogens is 4. The van der Waals surface area contributed by atoms with Crippen LogP contribution < -0.4 is 15.8 Å². The highest BCUT2D eigenvalue weighted by atomic mass is 32.2. The van der Waals surface area contributed by atoms with E-state index in [2.05, 4.69) is 31.2 Å². The SMILES string of the molecule is Nc1ncnc2c1c(-c1ccc(Oc3ccccc3)cc1)nn2C1CCCN(C(=O)CCCN2CCN(CCCCCSc3cccc4c3CN(C3CCC(=O)NC3=O)C4=O)CC2)C1. The first kappa shape index (κ1) is 43.4. The molecule has 0 bridgehead atoms. The number of anilines is 1. The number of fused-ring (bicyclic) bond motifs is 2. The van der Waals surface area contributed by atoms with Crippen LogP contribution in [0.4, 0.5) is 5.82 Å². The van der Waals surface area contributed by atoms with Crippen LogP contribution in [0.2, 0.25) is 0 Å². The van der Waals surface area contributed by atoms with Crippen LogP contribution in [0.15, 0.2) is 84.0 Å². The molecule has 3 saturated heterocycles. The zero-order chi connectivity index (χ0) is 44.0. The van der Waals surface area contributed by atoms with E-state index in [0.717, 1.165) is 118 Å². The number of piperidine rings is 2. The second-order valence-corrected chi connectivity index (χ2v) is 18.3. The van der Waals surface area contributed by atoms with E-state index in [1.54, 1.807) is 16.7 Å². The molecule has 0 saturated carbocycles. The zero-order valence-corrected chi connectivity index (χ0v) is 37.0. The van der Waals surface area contributed by atoms with Crippen molar-refractivity contribution in [3.05, 3.63) is 90.3 Å². The number of rotatable bonds is 16. The fourth-order valence-corrected chi connectivity index (χ4v) is 10.6. The van der Waals surface area contributed by atoms with Crippen molar-refractivity contribution in [1.82, 2.24) is 44.7 Å². The van der Waals surface area contributed by atoms with Crippen molar-refractivity contribution in [2.75, 3.05) is 63.8 Å². The summed E-state index contributed by atoms with van der Waals surface area (Å²) in [4.78, 5) is 69.6. The molecule has 2 atom stereocenters. The Labute approximate surface area is 377 Å². The molecule has 3 aromatic carbocycles. The quantitative estimate of drug-likeness (QED) is 0.0659. The third-order valence-electron chi connectivity index (χ3n) is 13.0. The third-order valence-corrected chi connectivity index (χ3v) is 14.2. The Morgan fingerprint density at radius 1 is 0.828 bits per heavy atom. The van der Waals surface area contributed by atoms with Gasteiger partial charge >= 0.3 is 0 Å². The molecule has 64 heavy (non-hydrogen) atoms. The lowest BCUT2D eigenvalue weighted by atomic mass is 10.0. The molecule has 6 heterocycles. The summed E-state index contributed by atoms with van der Waals surface area (Å²) in [6.45, 7) is 7.89. The highest BCUT2D eigenvalue weighted by molar-refractivity contribution is 7.99. The van der Waals surface area contributed by atoms with E-state index in [4.69, 9.17) is 15.6 Å². The van der Waals surface area contributed by atoms with E-state index in [1.807, 2.05) is 76.3 Å². The van der Waals surface area contributed by atoms with Crippen LogP contribution in [0.5, 0.6) is 11.5 Å². The molecule has 2 aromatic heterocycles. The molecule has 0 spiro atoms. The van der Waals surface area contributed by atoms with Crippen molar-refractivity contribution in [1.29, 1.82) is 0 Å². The summed E-state index contributed by atoms with van der Waals surface area (Å²) >= 11 is 1.79. The molecule has 3 N–H and O–H groups in total. The Bertz CT molecular complexity index is 2470. The van der Waals surface area contributed by atoms with Gasteiger partial charge in [0.05, 0.1) is 11.4 Å². The largest absolute Gasteiger partial charge is 0.457 e. The van der Waals surface area contributed by atoms with Gasteiger partial charge in [0.25, 0.3) is 5.91 Å². The maximum Gasteiger partial charge on any atom is 0.255 e. The lowest BCUT2D eigenvalue weighted by Gasteiger charge is -2.35. The maximum atomic E-state index is 13.6. The number of thioether (sulfide) groups is 1. The average Bonchev–Trinajstić information content (AvgIpc) is 3.88. The molecule has 4 aliphatic heterocycles. The summed E-state index contributed by atoms with van der Waals surface area (Å²) in [5, 5.41) is 8.17. The molecule has 0 aliphatic carbocycles. The standard InChI is InChI=1S/C48H56N10O5S/c49-45-43-44(33-16-18-36(19-17-33)63-35-11-3-1-4-12-35)53-58(46(43)51-32-50-45)34-10-8-24-56(30-34)42(60)15-9-23-55-27-25-54(26-28-55)22-5-2-6-29-64-40-14-7-13-37-38(40)31-57(48(37)62)39-20-21-41(59)52-47(39)61/h1,3-4,7,11-14,16-19,32,34,39H,2,5-6,8-10,15,20-31H2,(H2,49,50,51)(H,52,59,61). The topological polar surface area (TPSA) is 172 Å². The van der Waals surface area contributed by atoms with Gasteiger partial charge in [0.15, 0.2) is 5.65 Å². The van der Waals surface area contributed by atoms with E-state index >= 15 is 0 Å². The van der Waals surface area contributed by atoms with Gasteiger partial charge < -0.3 is 30.1 Å². The number of nitrogens with zero attached hydrogens (tertiary/aromatic N) is 8. The number of likely N-dealkylation sites (tertiary alicyclic amines) is 1. The lowest BCUT2D eigenvalue weighted by molar-refractivity contribution is -0.137. The number of hydrogen-bond donors (Lipinski definition) is 2. The number of unbranched alkanes of at least 4 members (excludes halogenated alkanes) is 2. The van der Waals surface area contributed by atoms with Gasteiger partial charge in [-0.2, -0.15) is 5.10 Å². The van der Waals surface area contributed by atoms with E-state index in [9.17, 15) is 19.2 Å². The van der Waals surface area contributed by atoms with E-state index in [0.29, 0.717) is 54.0 Å². The summed E-state index contributed by atoms with van der Waals surface area (Å²) in [5.74, 6) is 2.26. The monoisotopic (exact) mass is 884 g/mol. The lowest BCUT2D eigenvalue weighted by Crippen LogP contribution is -2.52. The number of para-hydroxylation sites is 1. The number of nitrogens with one attached hydrogen (secondary N) is 1. The predicted molar refractivity (Wildman–Crippen MR) is 246 cm³/mol. The molecule has 334 valence electrons. The van der Waals surface area contributed by atoms with Crippen molar-refractivity contribution >= 4 is 52.2 Å². The predicted octanol–water partition coefficient (Wildman–Crippen LogP) is 6.15. The molecule has 2 unspecified atom stereocenters. The van der Waals surface area contributed by atoms with Crippen LogP contribution in [-0.2, 0) is 20.9 Å². The Kier molecular flexibility index (Phi) is 13.5. The first-order valence-corrected chi connectivity index (χ1v) is 23.7. The highest BCUT2D eigenvalue weighted by Gasteiger charge is 2.40. The summed E-state index contributed by atoms with van der Waals surface area (Å²) in [6.07, 6.45) is 8.64. The Hall–Kier alpha value is -5.84. The molecule has 3 fully saturated rings. The summed E-state index contributed by atoms with van der Waals surface area (Å²) in [7, 11) is 0. The fourth-order valence-electron chi connectivity index (χ4n) is 9.48. The van der Waals surface area contributed by atoms with Crippen LogP contribution in [0.25, 0.3) is 22.3 Å². The minimum Gasteiger partial charge on any atom is -0.457 e. The number of ether oxygens (including phenoxy) is 1. The fraction of sp³-hybridized carbons (Fsp3) is 0.438. The number of benzene rings is 3. The van der Waals surface area contributed by atoms with E-state index in [1.165, 1.54) is 6.33 Å². The molecule has 0 radical (unpaired) electrons. The Morgan fingerprint density at radius 2 is 1.59 bits per heavy atom. The average molecular weight is 885 g/mol. The number of hydrogen-bond acceptors (Lipinski definition) is 12. The van der Waals surface area contributed by atoms with Gasteiger partial charge in [0.2, 0.25) is 17.7 Å². The molecule has 16 heteroatoms. The Morgan fingerprint density at radius 3 is 2.38 bits per heavy atom. The van der Waals surface area contributed by atoms with Crippen molar-refractivity contribution < 1.29 is 23.9 Å². The molecule has 15 nitrogen and oxygen atoms in total. The number of nitrogens with two attached hydrogens (primary N) is 1. The molecular formula is C48H56N10O5S. The first-order chi connectivity index (χ1) is 31.3. The minimum absolute atomic E-state index is 0.0211. The van der Waals surface area contributed by atoms with Gasteiger partial charge in [-0.05, 0) is 111 Å². The van der Waals surface area contributed by atoms with Gasteiger partial charge in [0.1, 0.15) is 35.4 Å². The van der Waals surface area contributed by atoms with Gasteiger partial charge in [0, 0.05) is 74.7 Å². The van der Waals surface area contributed by atoms with Crippen LogP contribution in [0.3, 0.4) is 0 Å². The number of nitrogen functional groups attached to an aromatic ring is 1. The number of amides is 4. The summed E-state index contributed by atoms with van der Waals surface area (Å²) in [6, 6.07) is 22.7. The van der Waals surface area contributed by atoms with Crippen molar-refractivity contribution in [2.45, 2.75) is 81.3 Å².